The summed E-state index contributed by atoms with van der Waals surface area (Å²) in [7, 11) is 0. The first-order chi connectivity index (χ1) is 11.8. The number of aromatic amines is 1. The van der Waals surface area contributed by atoms with Gasteiger partial charge in [-0.2, -0.15) is 0 Å². The third-order valence-corrected chi connectivity index (χ3v) is 4.45. The van der Waals surface area contributed by atoms with Crippen molar-refractivity contribution in [1.82, 2.24) is 20.3 Å². The van der Waals surface area contributed by atoms with Gasteiger partial charge in [-0.25, -0.2) is 4.98 Å². The molecular weight excluding hydrogens is 300 g/mol. The third kappa shape index (κ3) is 2.78. The van der Waals surface area contributed by atoms with Gasteiger partial charge in [0.15, 0.2) is 0 Å². The van der Waals surface area contributed by atoms with E-state index in [-0.39, 0.29) is 12.1 Å². The summed E-state index contributed by atoms with van der Waals surface area (Å²) in [4.78, 5) is 11.9. The van der Waals surface area contributed by atoms with E-state index in [2.05, 4.69) is 51.5 Å². The summed E-state index contributed by atoms with van der Waals surface area (Å²) in [5, 5.41) is 3.74. The molecule has 1 aliphatic rings. The predicted octanol–water partition coefficient (Wildman–Crippen LogP) is 3.32. The minimum absolute atomic E-state index is 0.0369. The van der Waals surface area contributed by atoms with Crippen molar-refractivity contribution in [1.29, 1.82) is 0 Å². The summed E-state index contributed by atoms with van der Waals surface area (Å²) >= 11 is 0. The van der Waals surface area contributed by atoms with Gasteiger partial charge in [0.25, 0.3) is 0 Å². The Bertz CT molecular complexity index is 801. The molecule has 0 spiro atoms. The smallest absolute Gasteiger partial charge is 0.127 e. The van der Waals surface area contributed by atoms with Crippen molar-refractivity contribution < 1.29 is 4.74 Å². The molecule has 0 bridgehead atoms. The molecule has 122 valence electrons. The number of H-pyrrole nitrogens is 1. The highest BCUT2D eigenvalue weighted by Gasteiger charge is 2.27. The second kappa shape index (κ2) is 6.45. The fraction of sp³-hybridized carbons (Fsp3) is 0.263. The Morgan fingerprint density at radius 2 is 2.21 bits per heavy atom. The normalized spacial score (nSPS) is 17.8. The molecule has 4 rings (SSSR count). The van der Waals surface area contributed by atoms with Gasteiger partial charge in [-0.15, -0.1) is 0 Å². The minimum Gasteiger partial charge on any atom is -0.493 e. The standard InChI is InChI=1S/C19H20N4O/c1-13-4-2-6-15-16(7-11-24-18(13)15)23-17(19-21-9-10-22-19)14-5-3-8-20-12-14/h2-6,8-10,12,16-17,23H,7,11H2,1H3,(H,21,22)/t16-,17-/m0/s1. The van der Waals surface area contributed by atoms with Crippen molar-refractivity contribution >= 4 is 0 Å². The molecule has 0 aliphatic carbocycles. The van der Waals surface area contributed by atoms with Crippen molar-refractivity contribution in [3.05, 3.63) is 77.6 Å². The van der Waals surface area contributed by atoms with E-state index in [0.717, 1.165) is 23.6 Å². The fourth-order valence-electron chi connectivity index (χ4n) is 3.27. The fourth-order valence-corrected chi connectivity index (χ4v) is 3.27. The minimum atomic E-state index is -0.0369. The molecule has 2 N–H and O–H groups in total. The maximum Gasteiger partial charge on any atom is 0.127 e. The van der Waals surface area contributed by atoms with Crippen LogP contribution in [-0.4, -0.2) is 21.6 Å². The maximum absolute atomic E-state index is 5.89. The molecule has 24 heavy (non-hydrogen) atoms. The average molecular weight is 320 g/mol. The molecule has 1 aliphatic heterocycles. The molecule has 0 saturated heterocycles. The van der Waals surface area contributed by atoms with Gasteiger partial charge < -0.3 is 9.72 Å². The quantitative estimate of drug-likeness (QED) is 0.774. The zero-order valence-electron chi connectivity index (χ0n) is 13.6. The topological polar surface area (TPSA) is 62.8 Å². The number of imidazole rings is 1. The van der Waals surface area contributed by atoms with E-state index in [1.807, 2.05) is 18.5 Å². The molecule has 0 amide bonds. The van der Waals surface area contributed by atoms with Gasteiger partial charge in [0.05, 0.1) is 12.6 Å². The number of nitrogens with one attached hydrogen (secondary N) is 2. The number of fused-ring (bicyclic) bond motifs is 1. The van der Waals surface area contributed by atoms with Gasteiger partial charge in [-0.05, 0) is 24.1 Å². The Morgan fingerprint density at radius 3 is 3.00 bits per heavy atom. The van der Waals surface area contributed by atoms with Gasteiger partial charge in [0, 0.05) is 42.8 Å². The third-order valence-electron chi connectivity index (χ3n) is 4.45. The van der Waals surface area contributed by atoms with E-state index < -0.39 is 0 Å². The number of pyridine rings is 1. The van der Waals surface area contributed by atoms with Crippen LogP contribution in [0.25, 0.3) is 0 Å². The predicted molar refractivity (Wildman–Crippen MR) is 91.8 cm³/mol. The molecule has 0 fully saturated rings. The zero-order valence-corrected chi connectivity index (χ0v) is 13.6. The van der Waals surface area contributed by atoms with Gasteiger partial charge in [-0.3, -0.25) is 10.3 Å². The Labute approximate surface area is 141 Å². The highest BCUT2D eigenvalue weighted by Crippen LogP contribution is 2.36. The lowest BCUT2D eigenvalue weighted by atomic mass is 9.96. The van der Waals surface area contributed by atoms with Crippen molar-refractivity contribution in [3.63, 3.8) is 0 Å². The monoisotopic (exact) mass is 320 g/mol. The van der Waals surface area contributed by atoms with Crippen LogP contribution >= 0.6 is 0 Å². The van der Waals surface area contributed by atoms with Gasteiger partial charge >= 0.3 is 0 Å². The van der Waals surface area contributed by atoms with Crippen LogP contribution in [0.1, 0.15) is 41.0 Å². The SMILES string of the molecule is Cc1cccc2c1OCC[C@@H]2N[C@@H](c1cccnc1)c1ncc[nH]1. The Kier molecular flexibility index (Phi) is 4.01. The van der Waals surface area contributed by atoms with E-state index in [1.54, 1.807) is 12.4 Å². The summed E-state index contributed by atoms with van der Waals surface area (Å²) < 4.78 is 5.89. The van der Waals surface area contributed by atoms with Gasteiger partial charge in [-0.1, -0.05) is 24.3 Å². The Morgan fingerprint density at radius 1 is 1.25 bits per heavy atom. The van der Waals surface area contributed by atoms with E-state index in [4.69, 9.17) is 4.74 Å². The first kappa shape index (κ1) is 14.9. The summed E-state index contributed by atoms with van der Waals surface area (Å²) in [5.41, 5.74) is 3.48. The lowest BCUT2D eigenvalue weighted by Gasteiger charge is -2.31. The molecule has 0 radical (unpaired) electrons. The molecule has 2 atom stereocenters. The van der Waals surface area contributed by atoms with Gasteiger partial charge in [0.2, 0.25) is 0 Å². The van der Waals surface area contributed by atoms with Crippen LogP contribution in [0.5, 0.6) is 5.75 Å². The lowest BCUT2D eigenvalue weighted by Crippen LogP contribution is -2.32. The van der Waals surface area contributed by atoms with E-state index in [0.29, 0.717) is 6.61 Å². The highest BCUT2D eigenvalue weighted by atomic mass is 16.5. The van der Waals surface area contributed by atoms with Crippen LogP contribution in [0.15, 0.2) is 55.1 Å². The number of rotatable bonds is 4. The van der Waals surface area contributed by atoms with Crippen LogP contribution in [0, 0.1) is 6.92 Å². The number of aryl methyl sites for hydroxylation is 1. The average Bonchev–Trinajstić information content (AvgIpc) is 3.15. The molecule has 1 aromatic carbocycles. The first-order valence-electron chi connectivity index (χ1n) is 8.20. The van der Waals surface area contributed by atoms with Crippen LogP contribution in [-0.2, 0) is 0 Å². The first-order valence-corrected chi connectivity index (χ1v) is 8.20. The summed E-state index contributed by atoms with van der Waals surface area (Å²) in [6.07, 6.45) is 8.23. The van der Waals surface area contributed by atoms with E-state index >= 15 is 0 Å². The number of ether oxygens (including phenoxy) is 1. The molecule has 3 aromatic rings. The number of aromatic nitrogens is 3. The molecule has 2 aromatic heterocycles. The molecule has 0 saturated carbocycles. The summed E-state index contributed by atoms with van der Waals surface area (Å²) in [6.45, 7) is 2.81. The van der Waals surface area contributed by atoms with Crippen molar-refractivity contribution in [2.24, 2.45) is 0 Å². The number of hydrogen-bond acceptors (Lipinski definition) is 4. The van der Waals surface area contributed by atoms with Crippen LogP contribution in [0.2, 0.25) is 0 Å². The number of nitrogens with zero attached hydrogens (tertiary/aromatic N) is 2. The summed E-state index contributed by atoms with van der Waals surface area (Å²) in [6, 6.07) is 10.5. The van der Waals surface area contributed by atoms with Crippen molar-refractivity contribution in [2.75, 3.05) is 6.61 Å². The Hall–Kier alpha value is -2.66. The van der Waals surface area contributed by atoms with Crippen molar-refractivity contribution in [3.8, 4) is 5.75 Å². The lowest BCUT2D eigenvalue weighted by molar-refractivity contribution is 0.245. The zero-order chi connectivity index (χ0) is 16.4. The van der Waals surface area contributed by atoms with Gasteiger partial charge in [0.1, 0.15) is 11.6 Å². The molecule has 5 heteroatoms. The number of para-hydroxylation sites is 1. The maximum atomic E-state index is 5.89. The van der Waals surface area contributed by atoms with E-state index in [9.17, 15) is 0 Å². The molecule has 5 nitrogen and oxygen atoms in total. The summed E-state index contributed by atoms with van der Waals surface area (Å²) in [5.74, 6) is 1.90. The second-order valence-corrected chi connectivity index (χ2v) is 6.04. The number of hydrogen-bond donors (Lipinski definition) is 2. The molecule has 3 heterocycles. The van der Waals surface area contributed by atoms with Crippen molar-refractivity contribution in [2.45, 2.75) is 25.4 Å². The second-order valence-electron chi connectivity index (χ2n) is 6.04. The van der Waals surface area contributed by atoms with Crippen LogP contribution in [0.4, 0.5) is 0 Å². The highest BCUT2D eigenvalue weighted by molar-refractivity contribution is 5.44. The van der Waals surface area contributed by atoms with E-state index in [1.165, 1.54) is 11.1 Å². The Balaban J connectivity index is 1.69. The van der Waals surface area contributed by atoms with Crippen LogP contribution in [0.3, 0.4) is 0 Å². The largest absolute Gasteiger partial charge is 0.493 e. The van der Waals surface area contributed by atoms with Crippen LogP contribution < -0.4 is 10.1 Å². The molecular formula is C19H20N4O. The molecule has 0 unspecified atom stereocenters. The number of benzene rings is 1.